The number of aryl methyl sites for hydroxylation is 1. The SMILES string of the molecule is Cc1nc(Cl)c(C#CCCN)cc1[N+](=O)[O-]. The van der Waals surface area contributed by atoms with E-state index in [-0.39, 0.29) is 16.5 Å². The van der Waals surface area contributed by atoms with Crippen LogP contribution in [-0.4, -0.2) is 16.5 Å². The summed E-state index contributed by atoms with van der Waals surface area (Å²) in [6, 6.07) is 1.33. The third-order valence-electron chi connectivity index (χ3n) is 1.83. The third-order valence-corrected chi connectivity index (χ3v) is 2.12. The Hall–Kier alpha value is -1.64. The molecule has 0 amide bonds. The van der Waals surface area contributed by atoms with E-state index in [4.69, 9.17) is 17.3 Å². The minimum Gasteiger partial charge on any atom is -0.330 e. The lowest BCUT2D eigenvalue weighted by molar-refractivity contribution is -0.385. The van der Waals surface area contributed by atoms with Gasteiger partial charge in [0.2, 0.25) is 0 Å². The van der Waals surface area contributed by atoms with Crippen molar-refractivity contribution in [2.24, 2.45) is 5.73 Å². The molecule has 0 aliphatic rings. The van der Waals surface area contributed by atoms with Crippen molar-refractivity contribution in [1.82, 2.24) is 4.98 Å². The van der Waals surface area contributed by atoms with E-state index in [9.17, 15) is 10.1 Å². The molecule has 84 valence electrons. The van der Waals surface area contributed by atoms with Gasteiger partial charge in [-0.1, -0.05) is 23.4 Å². The molecule has 0 aromatic carbocycles. The van der Waals surface area contributed by atoms with E-state index in [0.717, 1.165) is 0 Å². The number of nitrogens with two attached hydrogens (primary N) is 1. The molecule has 1 rings (SSSR count). The Morgan fingerprint density at radius 1 is 1.69 bits per heavy atom. The van der Waals surface area contributed by atoms with Crippen molar-refractivity contribution in [3.63, 3.8) is 0 Å². The second kappa shape index (κ2) is 5.45. The van der Waals surface area contributed by atoms with Gasteiger partial charge in [-0.05, 0) is 6.92 Å². The van der Waals surface area contributed by atoms with Crippen molar-refractivity contribution < 1.29 is 4.92 Å². The van der Waals surface area contributed by atoms with E-state index in [2.05, 4.69) is 16.8 Å². The summed E-state index contributed by atoms with van der Waals surface area (Å²) < 4.78 is 0. The number of pyridine rings is 1. The molecule has 0 unspecified atom stereocenters. The molecule has 1 heterocycles. The molecular formula is C10H10ClN3O2. The van der Waals surface area contributed by atoms with Gasteiger partial charge in [0.15, 0.2) is 0 Å². The summed E-state index contributed by atoms with van der Waals surface area (Å²) >= 11 is 5.82. The lowest BCUT2D eigenvalue weighted by Crippen LogP contribution is -1.97. The number of nitro groups is 1. The molecule has 2 N–H and O–H groups in total. The van der Waals surface area contributed by atoms with Gasteiger partial charge in [0.25, 0.3) is 5.69 Å². The summed E-state index contributed by atoms with van der Waals surface area (Å²) in [7, 11) is 0. The standard InChI is InChI=1S/C10H10ClN3O2/c1-7-9(14(15)16)6-8(10(11)13-7)4-2-3-5-12/h6H,3,5,12H2,1H3. The molecule has 6 heteroatoms. The molecule has 0 aliphatic heterocycles. The van der Waals surface area contributed by atoms with Crippen LogP contribution in [0.4, 0.5) is 5.69 Å². The fourth-order valence-corrected chi connectivity index (χ4v) is 1.30. The first kappa shape index (κ1) is 12.4. The normalized spacial score (nSPS) is 9.44. The van der Waals surface area contributed by atoms with Gasteiger partial charge in [-0.15, -0.1) is 0 Å². The zero-order chi connectivity index (χ0) is 12.1. The second-order valence-corrected chi connectivity index (χ2v) is 3.39. The van der Waals surface area contributed by atoms with E-state index in [1.54, 1.807) is 0 Å². The number of halogens is 1. The summed E-state index contributed by atoms with van der Waals surface area (Å²) in [5, 5.41) is 10.8. The molecule has 16 heavy (non-hydrogen) atoms. The average molecular weight is 240 g/mol. The summed E-state index contributed by atoms with van der Waals surface area (Å²) in [6.45, 7) is 1.97. The summed E-state index contributed by atoms with van der Waals surface area (Å²) in [5.41, 5.74) is 5.82. The zero-order valence-corrected chi connectivity index (χ0v) is 9.41. The maximum Gasteiger partial charge on any atom is 0.291 e. The Labute approximate surface area is 97.8 Å². The molecule has 0 spiro atoms. The van der Waals surface area contributed by atoms with Gasteiger partial charge in [0, 0.05) is 19.0 Å². The molecule has 0 saturated carbocycles. The second-order valence-electron chi connectivity index (χ2n) is 3.03. The van der Waals surface area contributed by atoms with Crippen LogP contribution in [-0.2, 0) is 0 Å². The predicted octanol–water partition coefficient (Wildman–Crippen LogP) is 1.65. The van der Waals surface area contributed by atoms with E-state index in [0.29, 0.717) is 18.5 Å². The number of aromatic nitrogens is 1. The maximum absolute atomic E-state index is 10.7. The average Bonchev–Trinajstić information content (AvgIpc) is 2.21. The highest BCUT2D eigenvalue weighted by Gasteiger charge is 2.14. The highest BCUT2D eigenvalue weighted by Crippen LogP contribution is 2.22. The Balaban J connectivity index is 3.16. The van der Waals surface area contributed by atoms with Crippen molar-refractivity contribution in [3.05, 3.63) is 32.6 Å². The Bertz CT molecular complexity index is 477. The van der Waals surface area contributed by atoms with Gasteiger partial charge in [-0.25, -0.2) is 4.98 Å². The van der Waals surface area contributed by atoms with Gasteiger partial charge < -0.3 is 5.73 Å². The highest BCUT2D eigenvalue weighted by molar-refractivity contribution is 6.30. The molecule has 1 aromatic heterocycles. The molecule has 0 bridgehead atoms. The molecular weight excluding hydrogens is 230 g/mol. The minimum absolute atomic E-state index is 0.0820. The maximum atomic E-state index is 10.7. The van der Waals surface area contributed by atoms with Crippen LogP contribution in [0, 0.1) is 28.9 Å². The Morgan fingerprint density at radius 3 is 2.94 bits per heavy atom. The first-order valence-electron chi connectivity index (χ1n) is 4.56. The fraction of sp³-hybridized carbons (Fsp3) is 0.300. The lowest BCUT2D eigenvalue weighted by atomic mass is 10.2. The van der Waals surface area contributed by atoms with Crippen molar-refractivity contribution in [2.75, 3.05) is 6.54 Å². The van der Waals surface area contributed by atoms with Gasteiger partial charge in [0.1, 0.15) is 10.8 Å². The molecule has 0 fully saturated rings. The first-order chi connectivity index (χ1) is 7.56. The Morgan fingerprint density at radius 2 is 2.38 bits per heavy atom. The van der Waals surface area contributed by atoms with E-state index >= 15 is 0 Å². The van der Waals surface area contributed by atoms with E-state index in [1.807, 2.05) is 0 Å². The van der Waals surface area contributed by atoms with Crippen LogP contribution in [0.2, 0.25) is 5.15 Å². The number of rotatable bonds is 2. The summed E-state index contributed by atoms with van der Waals surface area (Å²) in [6.07, 6.45) is 0.512. The molecule has 1 aromatic rings. The van der Waals surface area contributed by atoms with Gasteiger partial charge in [0.05, 0.1) is 10.5 Å². The fourth-order valence-electron chi connectivity index (χ4n) is 1.07. The highest BCUT2D eigenvalue weighted by atomic mass is 35.5. The first-order valence-corrected chi connectivity index (χ1v) is 4.94. The van der Waals surface area contributed by atoms with E-state index < -0.39 is 4.92 Å². The van der Waals surface area contributed by atoms with Crippen molar-refractivity contribution in [3.8, 4) is 11.8 Å². The lowest BCUT2D eigenvalue weighted by Gasteiger charge is -1.99. The quantitative estimate of drug-likeness (QED) is 0.368. The van der Waals surface area contributed by atoms with E-state index in [1.165, 1.54) is 13.0 Å². The number of hydrogen-bond acceptors (Lipinski definition) is 4. The third kappa shape index (κ3) is 2.92. The van der Waals surface area contributed by atoms with Crippen LogP contribution in [0.3, 0.4) is 0 Å². The number of hydrogen-bond donors (Lipinski definition) is 1. The van der Waals surface area contributed by atoms with Crippen LogP contribution in [0.5, 0.6) is 0 Å². The van der Waals surface area contributed by atoms with Crippen LogP contribution < -0.4 is 5.73 Å². The molecule has 0 atom stereocenters. The Kier molecular flexibility index (Phi) is 4.23. The monoisotopic (exact) mass is 239 g/mol. The van der Waals surface area contributed by atoms with Gasteiger partial charge in [-0.2, -0.15) is 0 Å². The predicted molar refractivity (Wildman–Crippen MR) is 61.2 cm³/mol. The number of nitrogens with zero attached hydrogens (tertiary/aromatic N) is 2. The minimum atomic E-state index is -0.507. The van der Waals surface area contributed by atoms with Crippen LogP contribution >= 0.6 is 11.6 Å². The van der Waals surface area contributed by atoms with Crippen LogP contribution in [0.25, 0.3) is 0 Å². The molecule has 0 aliphatic carbocycles. The molecule has 0 saturated heterocycles. The molecule has 5 nitrogen and oxygen atoms in total. The van der Waals surface area contributed by atoms with Gasteiger partial charge >= 0.3 is 0 Å². The van der Waals surface area contributed by atoms with Crippen molar-refractivity contribution in [2.45, 2.75) is 13.3 Å². The smallest absolute Gasteiger partial charge is 0.291 e. The van der Waals surface area contributed by atoms with Crippen LogP contribution in [0.1, 0.15) is 17.7 Å². The van der Waals surface area contributed by atoms with Crippen molar-refractivity contribution in [1.29, 1.82) is 0 Å². The zero-order valence-electron chi connectivity index (χ0n) is 8.66. The van der Waals surface area contributed by atoms with Gasteiger partial charge in [-0.3, -0.25) is 10.1 Å². The summed E-state index contributed by atoms with van der Waals surface area (Å²) in [5.74, 6) is 5.46. The largest absolute Gasteiger partial charge is 0.330 e. The molecule has 0 radical (unpaired) electrons. The topological polar surface area (TPSA) is 82.0 Å². The van der Waals surface area contributed by atoms with Crippen LogP contribution in [0.15, 0.2) is 6.07 Å². The van der Waals surface area contributed by atoms with Crippen molar-refractivity contribution >= 4 is 17.3 Å². The summed E-state index contributed by atoms with van der Waals surface area (Å²) in [4.78, 5) is 14.0.